The summed E-state index contributed by atoms with van der Waals surface area (Å²) in [4.78, 5) is 2.45. The first-order valence-electron chi connectivity index (χ1n) is 16.6. The Balaban J connectivity index is 1.25. The highest BCUT2D eigenvalue weighted by molar-refractivity contribution is 7.26. The van der Waals surface area contributed by atoms with Crippen LogP contribution < -0.4 is 4.90 Å². The van der Waals surface area contributed by atoms with Crippen LogP contribution in [-0.2, 0) is 0 Å². The molecule has 10 rings (SSSR count). The van der Waals surface area contributed by atoms with Gasteiger partial charge in [-0.25, -0.2) is 0 Å². The van der Waals surface area contributed by atoms with Crippen LogP contribution in [0.5, 0.6) is 0 Å². The standard InChI is InChI=1S/C46H29NOS/c1-3-15-35-30(10-1)12-7-19-38(35)39-26-27-42(44-40-17-5-6-21-43(40)49-46(39)44)47(41-20-9-13-31-11-2-4-16-36(31)41)34-24-22-32(23-25-34)37-18-8-14-33-28-29-48-45(33)37/h1-29H. The number of para-hydroxylation sites is 1. The fourth-order valence-electron chi connectivity index (χ4n) is 7.49. The minimum Gasteiger partial charge on any atom is -0.464 e. The summed E-state index contributed by atoms with van der Waals surface area (Å²) in [5.74, 6) is 0. The van der Waals surface area contributed by atoms with Gasteiger partial charge in [0, 0.05) is 47.8 Å². The molecule has 8 aromatic carbocycles. The lowest BCUT2D eigenvalue weighted by atomic mass is 9.95. The molecule has 0 saturated heterocycles. The van der Waals surface area contributed by atoms with E-state index in [0.717, 1.165) is 39.2 Å². The molecule has 0 aliphatic rings. The number of benzene rings is 8. The fourth-order valence-corrected chi connectivity index (χ4v) is 8.74. The zero-order valence-corrected chi connectivity index (χ0v) is 27.3. The average molecular weight is 644 g/mol. The summed E-state index contributed by atoms with van der Waals surface area (Å²) in [6.07, 6.45) is 1.77. The van der Waals surface area contributed by atoms with Gasteiger partial charge in [0.25, 0.3) is 0 Å². The lowest BCUT2D eigenvalue weighted by Gasteiger charge is -2.28. The van der Waals surface area contributed by atoms with E-state index in [-0.39, 0.29) is 0 Å². The van der Waals surface area contributed by atoms with Gasteiger partial charge in [-0.3, -0.25) is 0 Å². The predicted octanol–water partition coefficient (Wildman–Crippen LogP) is 13.9. The Morgan fingerprint density at radius 3 is 1.92 bits per heavy atom. The first kappa shape index (κ1) is 27.9. The van der Waals surface area contributed by atoms with Crippen molar-refractivity contribution in [3.63, 3.8) is 0 Å². The van der Waals surface area contributed by atoms with E-state index in [2.05, 4.69) is 169 Å². The summed E-state index contributed by atoms with van der Waals surface area (Å²) >= 11 is 1.88. The quantitative estimate of drug-likeness (QED) is 0.186. The Morgan fingerprint density at radius 1 is 0.429 bits per heavy atom. The molecule has 2 heterocycles. The van der Waals surface area contributed by atoms with E-state index in [1.807, 2.05) is 17.4 Å². The van der Waals surface area contributed by atoms with Gasteiger partial charge in [0.05, 0.1) is 17.6 Å². The number of thiophene rings is 1. The second-order valence-electron chi connectivity index (χ2n) is 12.5. The zero-order chi connectivity index (χ0) is 32.3. The monoisotopic (exact) mass is 643 g/mol. The van der Waals surface area contributed by atoms with Crippen molar-refractivity contribution in [2.24, 2.45) is 0 Å². The van der Waals surface area contributed by atoms with Gasteiger partial charge in [-0.1, -0.05) is 133 Å². The largest absolute Gasteiger partial charge is 0.464 e. The van der Waals surface area contributed by atoms with Gasteiger partial charge in [-0.05, 0) is 63.7 Å². The molecule has 0 atom stereocenters. The number of nitrogens with zero attached hydrogens (tertiary/aromatic N) is 1. The van der Waals surface area contributed by atoms with E-state index in [0.29, 0.717) is 0 Å². The molecule has 0 unspecified atom stereocenters. The molecule has 0 aliphatic heterocycles. The van der Waals surface area contributed by atoms with Crippen LogP contribution in [0.1, 0.15) is 0 Å². The highest BCUT2D eigenvalue weighted by atomic mass is 32.1. The third-order valence-electron chi connectivity index (χ3n) is 9.75. The van der Waals surface area contributed by atoms with Gasteiger partial charge < -0.3 is 9.32 Å². The van der Waals surface area contributed by atoms with E-state index >= 15 is 0 Å². The van der Waals surface area contributed by atoms with E-state index in [1.165, 1.54) is 52.8 Å². The molecule has 49 heavy (non-hydrogen) atoms. The minimum absolute atomic E-state index is 0.914. The zero-order valence-electron chi connectivity index (χ0n) is 26.5. The third kappa shape index (κ3) is 4.47. The molecule has 10 aromatic rings. The summed E-state index contributed by atoms with van der Waals surface area (Å²) in [6, 6.07) is 61.4. The molecular weight excluding hydrogens is 615 g/mol. The summed E-state index contributed by atoms with van der Waals surface area (Å²) in [5, 5.41) is 8.59. The highest BCUT2D eigenvalue weighted by Gasteiger charge is 2.23. The summed E-state index contributed by atoms with van der Waals surface area (Å²) in [5.41, 5.74) is 9.06. The molecular formula is C46H29NOS. The van der Waals surface area contributed by atoms with Crippen molar-refractivity contribution in [2.45, 2.75) is 0 Å². The van der Waals surface area contributed by atoms with Crippen molar-refractivity contribution in [1.29, 1.82) is 0 Å². The Morgan fingerprint density at radius 2 is 1.08 bits per heavy atom. The molecule has 0 radical (unpaired) electrons. The number of hydrogen-bond donors (Lipinski definition) is 0. The molecule has 0 amide bonds. The molecule has 0 aliphatic carbocycles. The molecule has 230 valence electrons. The van der Waals surface area contributed by atoms with Gasteiger partial charge >= 0.3 is 0 Å². The van der Waals surface area contributed by atoms with E-state index in [1.54, 1.807) is 6.26 Å². The molecule has 3 heteroatoms. The SMILES string of the molecule is c1ccc2c(-c3ccc(N(c4ccc(-c5cccc6ccoc56)cc4)c4cccc5ccccc45)c4c3sc3ccccc34)cccc2c1. The van der Waals surface area contributed by atoms with Gasteiger partial charge in [0.15, 0.2) is 0 Å². The lowest BCUT2D eigenvalue weighted by molar-refractivity contribution is 0.617. The van der Waals surface area contributed by atoms with Crippen LogP contribution in [-0.4, -0.2) is 0 Å². The normalized spacial score (nSPS) is 11.7. The average Bonchev–Trinajstić information content (AvgIpc) is 3.81. The maximum absolute atomic E-state index is 5.91. The van der Waals surface area contributed by atoms with Crippen LogP contribution in [0.3, 0.4) is 0 Å². The maximum Gasteiger partial charge on any atom is 0.141 e. The van der Waals surface area contributed by atoms with Gasteiger partial charge in [-0.2, -0.15) is 0 Å². The van der Waals surface area contributed by atoms with Crippen molar-refractivity contribution in [1.82, 2.24) is 0 Å². The molecule has 2 nitrogen and oxygen atoms in total. The van der Waals surface area contributed by atoms with Crippen LogP contribution in [0.15, 0.2) is 181 Å². The van der Waals surface area contributed by atoms with Gasteiger partial charge in [0.2, 0.25) is 0 Å². The Bertz CT molecular complexity index is 2830. The van der Waals surface area contributed by atoms with Crippen LogP contribution in [0.25, 0.3) is 74.9 Å². The smallest absolute Gasteiger partial charge is 0.141 e. The molecule has 0 spiro atoms. The molecule has 0 N–H and O–H groups in total. The van der Waals surface area contributed by atoms with E-state index in [4.69, 9.17) is 4.42 Å². The van der Waals surface area contributed by atoms with Crippen LogP contribution in [0.2, 0.25) is 0 Å². The Kier molecular flexibility index (Phi) is 6.39. The second kappa shape index (κ2) is 11.2. The third-order valence-corrected chi connectivity index (χ3v) is 11.0. The van der Waals surface area contributed by atoms with Crippen molar-refractivity contribution in [2.75, 3.05) is 4.90 Å². The number of furan rings is 1. The second-order valence-corrected chi connectivity index (χ2v) is 13.5. The van der Waals surface area contributed by atoms with Crippen LogP contribution in [0, 0.1) is 0 Å². The first-order chi connectivity index (χ1) is 24.3. The predicted molar refractivity (Wildman–Crippen MR) is 210 cm³/mol. The maximum atomic E-state index is 5.91. The number of anilines is 3. The highest BCUT2D eigenvalue weighted by Crippen LogP contribution is 2.50. The molecule has 0 bridgehead atoms. The van der Waals surface area contributed by atoms with Crippen molar-refractivity contribution < 1.29 is 4.42 Å². The van der Waals surface area contributed by atoms with Crippen molar-refractivity contribution >= 4 is 81.1 Å². The van der Waals surface area contributed by atoms with Crippen molar-refractivity contribution in [3.8, 4) is 22.3 Å². The fraction of sp³-hybridized carbons (Fsp3) is 0. The van der Waals surface area contributed by atoms with Gasteiger partial charge in [-0.15, -0.1) is 11.3 Å². The summed E-state index contributed by atoms with van der Waals surface area (Å²) in [6.45, 7) is 0. The first-order valence-corrected chi connectivity index (χ1v) is 17.4. The topological polar surface area (TPSA) is 16.4 Å². The molecule has 0 fully saturated rings. The molecule has 2 aromatic heterocycles. The van der Waals surface area contributed by atoms with Crippen LogP contribution >= 0.6 is 11.3 Å². The van der Waals surface area contributed by atoms with Crippen LogP contribution in [0.4, 0.5) is 17.1 Å². The van der Waals surface area contributed by atoms with E-state index < -0.39 is 0 Å². The Hall–Kier alpha value is -6.16. The van der Waals surface area contributed by atoms with E-state index in [9.17, 15) is 0 Å². The number of rotatable bonds is 5. The Labute approximate surface area is 287 Å². The summed E-state index contributed by atoms with van der Waals surface area (Å²) in [7, 11) is 0. The van der Waals surface area contributed by atoms with Gasteiger partial charge in [0.1, 0.15) is 5.58 Å². The number of fused-ring (bicyclic) bond motifs is 6. The molecule has 0 saturated carbocycles. The number of hydrogen-bond acceptors (Lipinski definition) is 3. The van der Waals surface area contributed by atoms with Crippen molar-refractivity contribution in [3.05, 3.63) is 176 Å². The summed E-state index contributed by atoms with van der Waals surface area (Å²) < 4.78 is 8.49. The minimum atomic E-state index is 0.914. The lowest BCUT2D eigenvalue weighted by Crippen LogP contribution is -2.11.